The Morgan fingerprint density at radius 1 is 1.25 bits per heavy atom. The van der Waals surface area contributed by atoms with E-state index in [2.05, 4.69) is 5.16 Å². The van der Waals surface area contributed by atoms with Crippen LogP contribution in [0, 0.1) is 5.41 Å². The van der Waals surface area contributed by atoms with E-state index in [1.54, 1.807) is 12.1 Å². The first kappa shape index (κ1) is 17.2. The van der Waals surface area contributed by atoms with E-state index in [0.717, 1.165) is 6.42 Å². The lowest BCUT2D eigenvalue weighted by atomic mass is 9.87. The smallest absolute Gasteiger partial charge is 0.144 e. The Hall–Kier alpha value is -0.840. The van der Waals surface area contributed by atoms with E-state index in [-0.39, 0.29) is 11.3 Å². The van der Waals surface area contributed by atoms with Crippen molar-refractivity contribution in [2.75, 3.05) is 6.61 Å². The lowest BCUT2D eigenvalue weighted by Crippen LogP contribution is -2.32. The SMILES string of the molecule is CC(C)(CCCOc1cc(Cl)c(Cl)cc1Cl)C(N)=NO. The Kier molecular flexibility index (Phi) is 6.24. The molecule has 0 fully saturated rings. The number of hydrogen-bond acceptors (Lipinski definition) is 3. The number of amidine groups is 1. The molecule has 1 aromatic carbocycles. The van der Waals surface area contributed by atoms with Gasteiger partial charge in [0.05, 0.1) is 21.7 Å². The highest BCUT2D eigenvalue weighted by atomic mass is 35.5. The number of oxime groups is 1. The minimum atomic E-state index is -0.389. The number of rotatable bonds is 6. The van der Waals surface area contributed by atoms with Crippen LogP contribution in [0.2, 0.25) is 15.1 Å². The number of nitrogens with zero attached hydrogens (tertiary/aromatic N) is 1. The molecule has 0 amide bonds. The highest BCUT2D eigenvalue weighted by molar-refractivity contribution is 6.43. The van der Waals surface area contributed by atoms with Crippen molar-refractivity contribution in [3.8, 4) is 5.75 Å². The van der Waals surface area contributed by atoms with Crippen molar-refractivity contribution < 1.29 is 9.94 Å². The van der Waals surface area contributed by atoms with Crippen LogP contribution in [0.5, 0.6) is 5.75 Å². The minimum Gasteiger partial charge on any atom is -0.492 e. The standard InChI is InChI=1S/C13H17Cl3N2O2/c1-13(2,12(17)18-19)4-3-5-20-11-7-9(15)8(14)6-10(11)16/h6-7,19H,3-5H2,1-2H3,(H2,17,18). The molecule has 0 atom stereocenters. The molecule has 0 unspecified atom stereocenters. The van der Waals surface area contributed by atoms with Crippen LogP contribution in [-0.2, 0) is 0 Å². The molecule has 0 saturated carbocycles. The highest BCUT2D eigenvalue weighted by Gasteiger charge is 2.23. The van der Waals surface area contributed by atoms with Gasteiger partial charge in [0.2, 0.25) is 0 Å². The van der Waals surface area contributed by atoms with Gasteiger partial charge in [-0.2, -0.15) is 0 Å². The van der Waals surface area contributed by atoms with Gasteiger partial charge in [-0.3, -0.25) is 0 Å². The zero-order valence-electron chi connectivity index (χ0n) is 11.3. The van der Waals surface area contributed by atoms with Gasteiger partial charge in [-0.25, -0.2) is 0 Å². The van der Waals surface area contributed by atoms with Gasteiger partial charge in [-0.1, -0.05) is 53.8 Å². The van der Waals surface area contributed by atoms with Crippen LogP contribution in [0.4, 0.5) is 0 Å². The molecule has 20 heavy (non-hydrogen) atoms. The first-order valence-electron chi connectivity index (χ1n) is 6.03. The normalized spacial score (nSPS) is 12.6. The van der Waals surface area contributed by atoms with E-state index >= 15 is 0 Å². The van der Waals surface area contributed by atoms with Crippen LogP contribution in [-0.4, -0.2) is 17.6 Å². The maximum atomic E-state index is 8.68. The molecule has 1 aromatic rings. The fourth-order valence-electron chi connectivity index (χ4n) is 1.57. The number of hydrogen-bond donors (Lipinski definition) is 2. The first-order valence-corrected chi connectivity index (χ1v) is 7.16. The molecule has 1 rings (SSSR count). The average Bonchev–Trinajstić information content (AvgIpc) is 2.39. The second-order valence-electron chi connectivity index (χ2n) is 5.02. The van der Waals surface area contributed by atoms with Gasteiger partial charge in [0.1, 0.15) is 11.6 Å². The Morgan fingerprint density at radius 2 is 1.85 bits per heavy atom. The summed E-state index contributed by atoms with van der Waals surface area (Å²) >= 11 is 17.7. The predicted molar refractivity (Wildman–Crippen MR) is 83.4 cm³/mol. The first-order chi connectivity index (χ1) is 9.27. The minimum absolute atomic E-state index is 0.199. The van der Waals surface area contributed by atoms with Crippen molar-refractivity contribution >= 4 is 40.6 Å². The second kappa shape index (κ2) is 7.25. The molecule has 0 aromatic heterocycles. The van der Waals surface area contributed by atoms with Crippen LogP contribution >= 0.6 is 34.8 Å². The van der Waals surface area contributed by atoms with E-state index < -0.39 is 0 Å². The zero-order chi connectivity index (χ0) is 15.3. The van der Waals surface area contributed by atoms with Crippen molar-refractivity contribution in [1.29, 1.82) is 0 Å². The third-order valence-corrected chi connectivity index (χ3v) is 4.00. The van der Waals surface area contributed by atoms with Crippen LogP contribution in [0.3, 0.4) is 0 Å². The van der Waals surface area contributed by atoms with Gasteiger partial charge >= 0.3 is 0 Å². The third kappa shape index (κ3) is 4.62. The molecule has 0 bridgehead atoms. The summed E-state index contributed by atoms with van der Waals surface area (Å²) in [7, 11) is 0. The van der Waals surface area contributed by atoms with E-state index in [1.807, 2.05) is 13.8 Å². The van der Waals surface area contributed by atoms with Gasteiger partial charge in [-0.15, -0.1) is 0 Å². The fourth-order valence-corrected chi connectivity index (χ4v) is 2.17. The Bertz CT molecular complexity index is 505. The summed E-state index contributed by atoms with van der Waals surface area (Å²) < 4.78 is 5.56. The van der Waals surface area contributed by atoms with Crippen molar-refractivity contribution in [3.63, 3.8) is 0 Å². The van der Waals surface area contributed by atoms with E-state index in [4.69, 9.17) is 50.5 Å². The Morgan fingerprint density at radius 3 is 2.45 bits per heavy atom. The maximum absolute atomic E-state index is 8.68. The van der Waals surface area contributed by atoms with Gasteiger partial charge < -0.3 is 15.7 Å². The molecule has 0 aliphatic rings. The van der Waals surface area contributed by atoms with Crippen molar-refractivity contribution in [2.45, 2.75) is 26.7 Å². The van der Waals surface area contributed by atoms with E-state index in [9.17, 15) is 0 Å². The summed E-state index contributed by atoms with van der Waals surface area (Å²) in [4.78, 5) is 0. The van der Waals surface area contributed by atoms with Crippen molar-refractivity contribution in [3.05, 3.63) is 27.2 Å². The molecule has 0 aliphatic heterocycles. The molecular formula is C13H17Cl3N2O2. The summed E-state index contributed by atoms with van der Waals surface area (Å²) in [6, 6.07) is 3.13. The zero-order valence-corrected chi connectivity index (χ0v) is 13.6. The summed E-state index contributed by atoms with van der Waals surface area (Å²) in [6.07, 6.45) is 1.43. The molecule has 0 spiro atoms. The molecule has 3 N–H and O–H groups in total. The number of benzene rings is 1. The summed E-state index contributed by atoms with van der Waals surface area (Å²) in [5.41, 5.74) is 5.22. The molecule has 4 nitrogen and oxygen atoms in total. The predicted octanol–water partition coefficient (Wildman–Crippen LogP) is 4.58. The van der Waals surface area contributed by atoms with Crippen molar-refractivity contribution in [1.82, 2.24) is 0 Å². The van der Waals surface area contributed by atoms with Crippen LogP contribution in [0.25, 0.3) is 0 Å². The van der Waals surface area contributed by atoms with Crippen LogP contribution < -0.4 is 10.5 Å². The molecule has 7 heteroatoms. The average molecular weight is 340 g/mol. The second-order valence-corrected chi connectivity index (χ2v) is 6.24. The lowest BCUT2D eigenvalue weighted by molar-refractivity contribution is 0.277. The Labute approximate surface area is 133 Å². The summed E-state index contributed by atoms with van der Waals surface area (Å²) in [5, 5.41) is 12.9. The summed E-state index contributed by atoms with van der Waals surface area (Å²) in [6.45, 7) is 4.24. The van der Waals surface area contributed by atoms with Crippen LogP contribution in [0.15, 0.2) is 17.3 Å². The molecule has 0 radical (unpaired) electrons. The van der Waals surface area contributed by atoms with Crippen molar-refractivity contribution in [2.24, 2.45) is 16.3 Å². The molecular weight excluding hydrogens is 323 g/mol. The van der Waals surface area contributed by atoms with Gasteiger partial charge in [0.25, 0.3) is 0 Å². The Balaban J connectivity index is 2.52. The maximum Gasteiger partial charge on any atom is 0.144 e. The quantitative estimate of drug-likeness (QED) is 0.199. The molecule has 0 heterocycles. The monoisotopic (exact) mass is 338 g/mol. The number of halogens is 3. The fraction of sp³-hybridized carbons (Fsp3) is 0.462. The van der Waals surface area contributed by atoms with E-state index in [1.165, 1.54) is 0 Å². The van der Waals surface area contributed by atoms with E-state index in [0.29, 0.717) is 33.8 Å². The topological polar surface area (TPSA) is 67.8 Å². The van der Waals surface area contributed by atoms with Gasteiger partial charge in [0.15, 0.2) is 0 Å². The van der Waals surface area contributed by atoms with Crippen LogP contribution in [0.1, 0.15) is 26.7 Å². The molecule has 0 saturated heterocycles. The van der Waals surface area contributed by atoms with Gasteiger partial charge in [0, 0.05) is 11.5 Å². The third-order valence-electron chi connectivity index (χ3n) is 2.98. The number of nitrogens with two attached hydrogens (primary N) is 1. The largest absolute Gasteiger partial charge is 0.492 e. The molecule has 112 valence electrons. The molecule has 0 aliphatic carbocycles. The van der Waals surface area contributed by atoms with Gasteiger partial charge in [-0.05, 0) is 18.9 Å². The lowest BCUT2D eigenvalue weighted by Gasteiger charge is -2.22. The number of ether oxygens (including phenoxy) is 1. The summed E-state index contributed by atoms with van der Waals surface area (Å²) in [5.74, 6) is 0.688. The highest BCUT2D eigenvalue weighted by Crippen LogP contribution is 2.34.